The Kier molecular flexibility index (Phi) is 4.69. The summed E-state index contributed by atoms with van der Waals surface area (Å²) in [5.74, 6) is 0.555. The van der Waals surface area contributed by atoms with Gasteiger partial charge in [0.25, 0.3) is 10.0 Å². The normalized spacial score (nSPS) is 11.3. The van der Waals surface area contributed by atoms with Crippen LogP contribution in [0.3, 0.4) is 0 Å². The first-order valence-electron chi connectivity index (χ1n) is 5.61. The van der Waals surface area contributed by atoms with E-state index in [1.54, 1.807) is 30.3 Å². The summed E-state index contributed by atoms with van der Waals surface area (Å²) in [6, 6.07) is 8.24. The molecule has 0 aliphatic rings. The third kappa shape index (κ3) is 3.32. The highest BCUT2D eigenvalue weighted by molar-refractivity contribution is 9.10. The molecule has 0 aliphatic heterocycles. The summed E-state index contributed by atoms with van der Waals surface area (Å²) in [5.41, 5.74) is 5.92. The van der Waals surface area contributed by atoms with E-state index in [-0.39, 0.29) is 4.21 Å². The van der Waals surface area contributed by atoms with Crippen molar-refractivity contribution in [1.82, 2.24) is 0 Å². The number of nitrogens with one attached hydrogen (secondary N) is 1. The van der Waals surface area contributed by atoms with Gasteiger partial charge in [0.05, 0.1) is 17.3 Å². The molecule has 0 bridgehead atoms. The standard InChI is InChI=1S/C12H13BrN2O3S2/c1-18-11-6-8(2-4-10(11)13)15-20(16,17)12-5-3-9(7-14)19-12/h2-6,15H,7,14H2,1H3. The molecule has 0 spiro atoms. The van der Waals surface area contributed by atoms with Crippen LogP contribution in [-0.4, -0.2) is 15.5 Å². The number of halogens is 1. The third-order valence-electron chi connectivity index (χ3n) is 2.51. The van der Waals surface area contributed by atoms with Crippen molar-refractivity contribution in [3.63, 3.8) is 0 Å². The Morgan fingerprint density at radius 3 is 2.70 bits per heavy atom. The van der Waals surface area contributed by atoms with Gasteiger partial charge in [-0.3, -0.25) is 4.72 Å². The molecule has 3 N–H and O–H groups in total. The van der Waals surface area contributed by atoms with Gasteiger partial charge in [0, 0.05) is 17.5 Å². The van der Waals surface area contributed by atoms with Crippen molar-refractivity contribution in [3.8, 4) is 5.75 Å². The Labute approximate surface area is 129 Å². The van der Waals surface area contributed by atoms with Gasteiger partial charge < -0.3 is 10.5 Å². The highest BCUT2D eigenvalue weighted by Gasteiger charge is 2.17. The molecule has 1 aromatic heterocycles. The predicted octanol–water partition coefficient (Wildman–Crippen LogP) is 2.78. The van der Waals surface area contributed by atoms with Gasteiger partial charge in [-0.1, -0.05) is 0 Å². The zero-order chi connectivity index (χ0) is 14.8. The van der Waals surface area contributed by atoms with Crippen molar-refractivity contribution in [3.05, 3.63) is 39.7 Å². The van der Waals surface area contributed by atoms with Gasteiger partial charge in [-0.25, -0.2) is 8.42 Å². The fourth-order valence-corrected chi connectivity index (χ4v) is 4.23. The molecule has 0 atom stereocenters. The summed E-state index contributed by atoms with van der Waals surface area (Å²) >= 11 is 4.47. The summed E-state index contributed by atoms with van der Waals surface area (Å²) in [6.07, 6.45) is 0. The molecule has 0 amide bonds. The van der Waals surface area contributed by atoms with E-state index in [0.29, 0.717) is 18.0 Å². The Morgan fingerprint density at radius 1 is 1.35 bits per heavy atom. The van der Waals surface area contributed by atoms with Gasteiger partial charge in [-0.2, -0.15) is 0 Å². The molecule has 8 heteroatoms. The highest BCUT2D eigenvalue weighted by Crippen LogP contribution is 2.30. The van der Waals surface area contributed by atoms with Crippen LogP contribution >= 0.6 is 27.3 Å². The van der Waals surface area contributed by atoms with E-state index < -0.39 is 10.0 Å². The van der Waals surface area contributed by atoms with Crippen molar-refractivity contribution in [2.75, 3.05) is 11.8 Å². The summed E-state index contributed by atoms with van der Waals surface area (Å²) < 4.78 is 33.1. The Bertz CT molecular complexity index is 713. The molecule has 0 saturated carbocycles. The first-order valence-corrected chi connectivity index (χ1v) is 8.70. The topological polar surface area (TPSA) is 81.4 Å². The predicted molar refractivity (Wildman–Crippen MR) is 83.7 cm³/mol. The number of rotatable bonds is 5. The fourth-order valence-electron chi connectivity index (χ4n) is 1.54. The minimum absolute atomic E-state index is 0.236. The fraction of sp³-hybridized carbons (Fsp3) is 0.167. The largest absolute Gasteiger partial charge is 0.495 e. The lowest BCUT2D eigenvalue weighted by Crippen LogP contribution is -2.11. The molecule has 0 fully saturated rings. The molecule has 2 aromatic rings. The van der Waals surface area contributed by atoms with Gasteiger partial charge in [-0.05, 0) is 40.2 Å². The SMILES string of the molecule is COc1cc(NS(=O)(=O)c2ccc(CN)s2)ccc1Br. The second kappa shape index (κ2) is 6.13. The summed E-state index contributed by atoms with van der Waals surface area (Å²) in [6.45, 7) is 0.326. The number of benzene rings is 1. The minimum atomic E-state index is -3.60. The molecule has 0 aliphatic carbocycles. The number of hydrogen-bond donors (Lipinski definition) is 2. The lowest BCUT2D eigenvalue weighted by molar-refractivity contribution is 0.412. The quantitative estimate of drug-likeness (QED) is 0.840. The number of methoxy groups -OCH3 is 1. The van der Waals surface area contributed by atoms with Crippen molar-refractivity contribution in [2.24, 2.45) is 5.73 Å². The number of ether oxygens (including phenoxy) is 1. The molecule has 0 radical (unpaired) electrons. The first kappa shape index (κ1) is 15.3. The van der Waals surface area contributed by atoms with Crippen LogP contribution in [0.1, 0.15) is 4.88 Å². The van der Waals surface area contributed by atoms with E-state index in [1.165, 1.54) is 7.11 Å². The molecule has 0 unspecified atom stereocenters. The average molecular weight is 377 g/mol. The van der Waals surface area contributed by atoms with Crippen LogP contribution in [0, 0.1) is 0 Å². The van der Waals surface area contributed by atoms with Crippen LogP contribution in [0.25, 0.3) is 0 Å². The molecule has 1 heterocycles. The minimum Gasteiger partial charge on any atom is -0.495 e. The molecular formula is C12H13BrN2O3S2. The monoisotopic (exact) mass is 376 g/mol. The second-order valence-electron chi connectivity index (χ2n) is 3.88. The third-order valence-corrected chi connectivity index (χ3v) is 6.14. The van der Waals surface area contributed by atoms with Crippen molar-refractivity contribution in [2.45, 2.75) is 10.8 Å². The number of hydrogen-bond acceptors (Lipinski definition) is 5. The van der Waals surface area contributed by atoms with E-state index in [9.17, 15) is 8.42 Å². The van der Waals surface area contributed by atoms with Crippen LogP contribution in [-0.2, 0) is 16.6 Å². The average Bonchev–Trinajstić information content (AvgIpc) is 2.90. The number of sulfonamides is 1. The van der Waals surface area contributed by atoms with Crippen molar-refractivity contribution < 1.29 is 13.2 Å². The summed E-state index contributed by atoms with van der Waals surface area (Å²) in [7, 11) is -2.08. The second-order valence-corrected chi connectivity index (χ2v) is 7.81. The molecule has 5 nitrogen and oxygen atoms in total. The maximum Gasteiger partial charge on any atom is 0.271 e. The highest BCUT2D eigenvalue weighted by atomic mass is 79.9. The van der Waals surface area contributed by atoms with Gasteiger partial charge in [0.2, 0.25) is 0 Å². The smallest absolute Gasteiger partial charge is 0.271 e. The lowest BCUT2D eigenvalue weighted by atomic mass is 10.3. The van der Waals surface area contributed by atoms with E-state index in [0.717, 1.165) is 20.7 Å². The van der Waals surface area contributed by atoms with Gasteiger partial charge in [0.1, 0.15) is 9.96 Å². The van der Waals surface area contributed by atoms with Crippen LogP contribution in [0.4, 0.5) is 5.69 Å². The van der Waals surface area contributed by atoms with Crippen LogP contribution in [0.15, 0.2) is 39.0 Å². The Balaban J connectivity index is 2.28. The lowest BCUT2D eigenvalue weighted by Gasteiger charge is -2.09. The van der Waals surface area contributed by atoms with Crippen molar-refractivity contribution >= 4 is 43.0 Å². The van der Waals surface area contributed by atoms with E-state index in [1.807, 2.05) is 0 Å². The number of nitrogens with two attached hydrogens (primary N) is 1. The summed E-state index contributed by atoms with van der Waals surface area (Å²) in [5, 5.41) is 0. The van der Waals surface area contributed by atoms with Crippen LogP contribution in [0.2, 0.25) is 0 Å². The van der Waals surface area contributed by atoms with Crippen LogP contribution < -0.4 is 15.2 Å². The molecular weight excluding hydrogens is 364 g/mol. The summed E-state index contributed by atoms with van der Waals surface area (Å²) in [4.78, 5) is 0.818. The zero-order valence-corrected chi connectivity index (χ0v) is 13.8. The van der Waals surface area contributed by atoms with Crippen LogP contribution in [0.5, 0.6) is 5.75 Å². The molecule has 108 valence electrons. The van der Waals surface area contributed by atoms with E-state index in [2.05, 4.69) is 20.7 Å². The first-order chi connectivity index (χ1) is 9.46. The zero-order valence-electron chi connectivity index (χ0n) is 10.6. The van der Waals surface area contributed by atoms with Crippen molar-refractivity contribution in [1.29, 1.82) is 0 Å². The van der Waals surface area contributed by atoms with E-state index in [4.69, 9.17) is 10.5 Å². The van der Waals surface area contributed by atoms with Gasteiger partial charge in [-0.15, -0.1) is 11.3 Å². The number of thiophene rings is 1. The maximum atomic E-state index is 12.2. The Hall–Kier alpha value is -1.09. The van der Waals surface area contributed by atoms with Gasteiger partial charge >= 0.3 is 0 Å². The molecule has 1 aromatic carbocycles. The molecule has 0 saturated heterocycles. The number of anilines is 1. The van der Waals surface area contributed by atoms with Gasteiger partial charge in [0.15, 0.2) is 0 Å². The Morgan fingerprint density at radius 2 is 2.10 bits per heavy atom. The van der Waals surface area contributed by atoms with E-state index >= 15 is 0 Å². The maximum absolute atomic E-state index is 12.2. The molecule has 20 heavy (non-hydrogen) atoms. The molecule has 2 rings (SSSR count).